The van der Waals surface area contributed by atoms with Crippen molar-refractivity contribution in [3.8, 4) is 0 Å². The molecule has 48 valence electrons. The van der Waals surface area contributed by atoms with E-state index in [2.05, 4.69) is 17.3 Å². The number of aliphatic carboxylic acids is 1. The quantitative estimate of drug-likeness (QED) is 0.493. The fourth-order valence-corrected chi connectivity index (χ4v) is 0. The van der Waals surface area contributed by atoms with Gasteiger partial charge in [0.15, 0.2) is 0 Å². The third-order valence-electron chi connectivity index (χ3n) is 0. The third kappa shape index (κ3) is 914000. The Morgan fingerprint density at radius 1 is 1.38 bits per heavy atom. The summed E-state index contributed by atoms with van der Waals surface area (Å²) in [6.45, 7) is 0.972. The monoisotopic (exact) mass is 178 g/mol. The van der Waals surface area contributed by atoms with E-state index in [0.717, 1.165) is 6.92 Å². The van der Waals surface area contributed by atoms with Crippen LogP contribution in [0.15, 0.2) is 0 Å². The van der Waals surface area contributed by atoms with Crippen molar-refractivity contribution in [1.29, 1.82) is 0 Å². The SMILES string of the molecule is CC(=O)[O-].[CH3][Ge+]([CH3])[CH3]. The second-order valence-electron chi connectivity index (χ2n) is 1.99. The minimum atomic E-state index is -1.08. The molecule has 0 saturated carbocycles. The molecule has 0 heterocycles. The Bertz CT molecular complexity index is 54.7. The van der Waals surface area contributed by atoms with E-state index in [0.29, 0.717) is 0 Å². The van der Waals surface area contributed by atoms with Crippen LogP contribution in [-0.2, 0) is 4.79 Å². The molecule has 0 atom stereocenters. The Balaban J connectivity index is 0. The summed E-state index contributed by atoms with van der Waals surface area (Å²) in [6, 6.07) is 0. The van der Waals surface area contributed by atoms with Gasteiger partial charge in [-0.15, -0.1) is 0 Å². The zero-order chi connectivity index (χ0) is 7.15. The van der Waals surface area contributed by atoms with Crippen LogP contribution in [0.4, 0.5) is 0 Å². The van der Waals surface area contributed by atoms with Gasteiger partial charge in [-0.2, -0.15) is 0 Å². The van der Waals surface area contributed by atoms with Crippen molar-refractivity contribution in [2.75, 3.05) is 0 Å². The summed E-state index contributed by atoms with van der Waals surface area (Å²) >= 11 is -0.333. The number of hydrogen-bond acceptors (Lipinski definition) is 2. The number of hydrogen-bond donors (Lipinski definition) is 0. The Morgan fingerprint density at radius 2 is 1.38 bits per heavy atom. The topological polar surface area (TPSA) is 40.1 Å². The molecule has 0 aromatic carbocycles. The second-order valence-corrected chi connectivity index (χ2v) is 8.29. The van der Waals surface area contributed by atoms with Crippen LogP contribution in [0.25, 0.3) is 0 Å². The van der Waals surface area contributed by atoms with E-state index in [1.54, 1.807) is 0 Å². The first kappa shape index (κ1) is 10.9. The summed E-state index contributed by atoms with van der Waals surface area (Å²) in [7, 11) is 0. The first-order valence-corrected chi connectivity index (χ1v) is 8.70. The Labute approximate surface area is 55.0 Å². The summed E-state index contributed by atoms with van der Waals surface area (Å²) in [5.74, 6) is 5.92. The molecule has 0 radical (unpaired) electrons. The number of carbonyl (C=O) groups excluding carboxylic acids is 1. The molecular weight excluding hydrogens is 165 g/mol. The van der Waals surface area contributed by atoms with Crippen LogP contribution in [0, 0.1) is 0 Å². The maximum absolute atomic E-state index is 8.89. The molecule has 0 amide bonds. The molecule has 0 rings (SSSR count). The Kier molecular flexibility index (Phi) is 9.55. The zero-order valence-electron chi connectivity index (χ0n) is 5.82. The molecule has 0 aliphatic heterocycles. The van der Waals surface area contributed by atoms with Gasteiger partial charge in [0, 0.05) is 5.97 Å². The normalized spacial score (nSPS) is 6.50. The first-order valence-electron chi connectivity index (χ1n) is 2.41. The van der Waals surface area contributed by atoms with Gasteiger partial charge in [0.2, 0.25) is 0 Å². The molecule has 0 fully saturated rings. The van der Waals surface area contributed by atoms with Crippen molar-refractivity contribution < 1.29 is 9.90 Å². The molecule has 0 aliphatic carbocycles. The van der Waals surface area contributed by atoms with Crippen molar-refractivity contribution in [1.82, 2.24) is 0 Å². The zero-order valence-corrected chi connectivity index (χ0v) is 7.91. The van der Waals surface area contributed by atoms with Crippen molar-refractivity contribution in [2.45, 2.75) is 24.2 Å². The molecule has 0 spiro atoms. The van der Waals surface area contributed by atoms with Gasteiger partial charge in [0.05, 0.1) is 0 Å². The molecule has 0 saturated heterocycles. The van der Waals surface area contributed by atoms with Gasteiger partial charge in [0.1, 0.15) is 0 Å². The van der Waals surface area contributed by atoms with Crippen LogP contribution in [0.5, 0.6) is 0 Å². The van der Waals surface area contributed by atoms with Gasteiger partial charge in [-0.25, -0.2) is 0 Å². The number of carboxylic acids is 1. The molecule has 8 heavy (non-hydrogen) atoms. The van der Waals surface area contributed by atoms with E-state index in [1.807, 2.05) is 0 Å². The molecule has 0 aliphatic rings. The summed E-state index contributed by atoms with van der Waals surface area (Å²) < 4.78 is 0. The number of rotatable bonds is 0. The van der Waals surface area contributed by atoms with Gasteiger partial charge >= 0.3 is 31.6 Å². The van der Waals surface area contributed by atoms with E-state index in [9.17, 15) is 0 Å². The molecule has 3 heteroatoms. The van der Waals surface area contributed by atoms with E-state index in [4.69, 9.17) is 9.90 Å². The summed E-state index contributed by atoms with van der Waals surface area (Å²) in [4.78, 5) is 8.89. The van der Waals surface area contributed by atoms with Gasteiger partial charge in [0.25, 0.3) is 0 Å². The van der Waals surface area contributed by atoms with Crippen molar-refractivity contribution in [3.05, 3.63) is 0 Å². The summed E-state index contributed by atoms with van der Waals surface area (Å²) in [5.41, 5.74) is 0. The van der Waals surface area contributed by atoms with Crippen molar-refractivity contribution in [2.24, 2.45) is 0 Å². The maximum atomic E-state index is 8.89. The van der Waals surface area contributed by atoms with Crippen molar-refractivity contribution >= 4 is 20.3 Å². The first-order chi connectivity index (χ1) is 3.46. The number of carbonyl (C=O) groups is 1. The van der Waals surface area contributed by atoms with Crippen LogP contribution in [0.1, 0.15) is 6.92 Å². The van der Waals surface area contributed by atoms with Crippen LogP contribution in [-0.4, -0.2) is 20.3 Å². The summed E-state index contributed by atoms with van der Waals surface area (Å²) in [5, 5.41) is 8.89. The average Bonchev–Trinajstić information content (AvgIpc) is 1.25. The van der Waals surface area contributed by atoms with E-state index >= 15 is 0 Å². The predicted molar refractivity (Wildman–Crippen MR) is 34.0 cm³/mol. The Morgan fingerprint density at radius 3 is 1.38 bits per heavy atom. The summed E-state index contributed by atoms with van der Waals surface area (Å²) in [6.07, 6.45) is 0. The molecule has 0 N–H and O–H groups in total. The molecular formula is C5H12GeO2. The fraction of sp³-hybridized carbons (Fsp3) is 0.800. The van der Waals surface area contributed by atoms with Crippen LogP contribution in [0.3, 0.4) is 0 Å². The fourth-order valence-electron chi connectivity index (χ4n) is 0. The van der Waals surface area contributed by atoms with E-state index in [1.165, 1.54) is 0 Å². The molecule has 0 aromatic heterocycles. The molecule has 0 bridgehead atoms. The van der Waals surface area contributed by atoms with Gasteiger partial charge in [-0.05, 0) is 6.92 Å². The minimum absolute atomic E-state index is 0.333. The molecule has 2 nitrogen and oxygen atoms in total. The van der Waals surface area contributed by atoms with Gasteiger partial charge < -0.3 is 9.90 Å². The third-order valence-corrected chi connectivity index (χ3v) is 0. The van der Waals surface area contributed by atoms with E-state index in [-0.39, 0.29) is 14.3 Å². The van der Waals surface area contributed by atoms with Gasteiger partial charge in [-0.3, -0.25) is 0 Å². The van der Waals surface area contributed by atoms with Crippen LogP contribution >= 0.6 is 0 Å². The van der Waals surface area contributed by atoms with Crippen LogP contribution in [0.2, 0.25) is 17.3 Å². The second kappa shape index (κ2) is 7.01. The van der Waals surface area contributed by atoms with Crippen LogP contribution < -0.4 is 5.11 Å². The average molecular weight is 177 g/mol. The van der Waals surface area contributed by atoms with Crippen molar-refractivity contribution in [3.63, 3.8) is 0 Å². The molecule has 0 aromatic rings. The predicted octanol–water partition coefficient (Wildman–Crippen LogP) is 0.127. The van der Waals surface area contributed by atoms with Gasteiger partial charge in [-0.1, -0.05) is 0 Å². The Hall–Kier alpha value is 0.0129. The standard InChI is InChI=1S/C3H9Ge.C2H4O2/c1-4(2)3;1-2(3)4/h1-3H3;1H3,(H,3,4)/q+1;/p-1. The van der Waals surface area contributed by atoms with E-state index < -0.39 is 5.97 Å². The number of carboxylic acid groups (broad SMARTS) is 1. The molecule has 0 unspecified atom stereocenters.